The van der Waals surface area contributed by atoms with Gasteiger partial charge in [-0.3, -0.25) is 0 Å². The Morgan fingerprint density at radius 1 is 1.08 bits per heavy atom. The summed E-state index contributed by atoms with van der Waals surface area (Å²) in [5, 5.41) is 9.41. The second-order valence-electron chi connectivity index (χ2n) is 9.28. The number of oxazole rings is 1. The van der Waals surface area contributed by atoms with Crippen LogP contribution in [0.1, 0.15) is 30.5 Å². The number of nitrogens with zero attached hydrogens (tertiary/aromatic N) is 6. The largest absolute Gasteiger partial charge is 0.440 e. The van der Waals surface area contributed by atoms with Crippen molar-refractivity contribution >= 4 is 42.3 Å². The third-order valence-electron chi connectivity index (χ3n) is 7.11. The number of rotatable bonds is 7. The number of hydrogen-bond acceptors (Lipinski definition) is 7. The van der Waals surface area contributed by atoms with E-state index < -0.39 is 11.7 Å². The second-order valence-corrected chi connectivity index (χ2v) is 10.3. The molecule has 2 fully saturated rings. The van der Waals surface area contributed by atoms with Crippen molar-refractivity contribution in [1.29, 1.82) is 0 Å². The molecule has 5 rings (SSSR count). The van der Waals surface area contributed by atoms with Crippen LogP contribution in [0.5, 0.6) is 0 Å². The van der Waals surface area contributed by atoms with Gasteiger partial charge in [0.15, 0.2) is 17.3 Å². The second kappa shape index (κ2) is 12.3. The van der Waals surface area contributed by atoms with E-state index in [0.29, 0.717) is 23.5 Å². The predicted octanol–water partition coefficient (Wildman–Crippen LogP) is 5.72. The van der Waals surface area contributed by atoms with E-state index in [0.717, 1.165) is 67.7 Å². The number of fused-ring (bicyclic) bond motifs is 1. The van der Waals surface area contributed by atoms with Gasteiger partial charge < -0.3 is 18.8 Å². The number of thioether (sulfide) groups is 1. The lowest BCUT2D eigenvalue weighted by Crippen LogP contribution is -2.48. The van der Waals surface area contributed by atoms with Gasteiger partial charge in [-0.1, -0.05) is 11.8 Å². The minimum atomic E-state index is -4.30. The zero-order valence-electron chi connectivity index (χ0n) is 20.6. The normalized spacial score (nSPS) is 19.9. The highest BCUT2D eigenvalue weighted by Crippen LogP contribution is 2.37. The SMILES string of the molecule is Cc1ncoc1-c1nnc(SCCCN2CC[C@@H]3CCN(c4ccc(C(F)(F)F)cc4)[C@@H]3C2)n1C.Cl.Cl. The number of piperidine rings is 1. The van der Waals surface area contributed by atoms with E-state index in [9.17, 15) is 13.2 Å². The molecule has 3 aromatic rings. The number of aryl methyl sites for hydroxylation is 1. The van der Waals surface area contributed by atoms with Crippen molar-refractivity contribution in [3.63, 3.8) is 0 Å². The molecule has 1 aromatic carbocycles. The molecule has 0 spiro atoms. The minimum Gasteiger partial charge on any atom is -0.440 e. The van der Waals surface area contributed by atoms with Gasteiger partial charge in [0.1, 0.15) is 0 Å². The van der Waals surface area contributed by atoms with Crippen LogP contribution in [-0.2, 0) is 13.2 Å². The highest BCUT2D eigenvalue weighted by molar-refractivity contribution is 7.99. The maximum absolute atomic E-state index is 12.9. The third kappa shape index (κ3) is 6.38. The Labute approximate surface area is 231 Å². The van der Waals surface area contributed by atoms with Gasteiger partial charge in [0.2, 0.25) is 5.82 Å². The van der Waals surface area contributed by atoms with Crippen LogP contribution in [0.4, 0.5) is 18.9 Å². The van der Waals surface area contributed by atoms with Gasteiger partial charge in [-0.2, -0.15) is 13.2 Å². The zero-order valence-corrected chi connectivity index (χ0v) is 23.1. The highest BCUT2D eigenvalue weighted by Gasteiger charge is 2.38. The minimum absolute atomic E-state index is 0. The molecule has 0 unspecified atom stereocenters. The fraction of sp³-hybridized carbons (Fsp3) is 0.542. The molecule has 0 aliphatic carbocycles. The Morgan fingerprint density at radius 3 is 2.49 bits per heavy atom. The van der Waals surface area contributed by atoms with Gasteiger partial charge in [0.25, 0.3) is 0 Å². The average Bonchev–Trinajstić information content (AvgIpc) is 3.54. The maximum Gasteiger partial charge on any atom is 0.416 e. The summed E-state index contributed by atoms with van der Waals surface area (Å²) in [6.07, 6.45) is 0.379. The Morgan fingerprint density at radius 2 is 1.81 bits per heavy atom. The first-order valence-electron chi connectivity index (χ1n) is 11.9. The number of aromatic nitrogens is 4. The van der Waals surface area contributed by atoms with Gasteiger partial charge in [-0.15, -0.1) is 35.0 Å². The molecular weight excluding hydrogens is 548 g/mol. The molecule has 0 amide bonds. The number of hydrogen-bond donors (Lipinski definition) is 0. The number of alkyl halides is 3. The molecule has 0 radical (unpaired) electrons. The number of anilines is 1. The molecule has 0 saturated carbocycles. The number of likely N-dealkylation sites (tertiary alicyclic amines) is 1. The molecule has 2 saturated heterocycles. The van der Waals surface area contributed by atoms with E-state index in [4.69, 9.17) is 4.42 Å². The van der Waals surface area contributed by atoms with Gasteiger partial charge in [-0.25, -0.2) is 4.98 Å². The van der Waals surface area contributed by atoms with Crippen molar-refractivity contribution in [2.75, 3.05) is 36.8 Å². The molecule has 2 aliphatic heterocycles. The van der Waals surface area contributed by atoms with E-state index in [2.05, 4.69) is 25.0 Å². The van der Waals surface area contributed by atoms with E-state index in [1.54, 1.807) is 23.9 Å². The molecule has 7 nitrogen and oxygen atoms in total. The van der Waals surface area contributed by atoms with Crippen LogP contribution in [0.3, 0.4) is 0 Å². The van der Waals surface area contributed by atoms with Crippen LogP contribution >= 0.6 is 36.6 Å². The van der Waals surface area contributed by atoms with E-state index in [-0.39, 0.29) is 24.8 Å². The lowest BCUT2D eigenvalue weighted by atomic mass is 9.92. The lowest BCUT2D eigenvalue weighted by molar-refractivity contribution is -0.137. The van der Waals surface area contributed by atoms with Crippen molar-refractivity contribution in [2.45, 2.75) is 43.6 Å². The summed E-state index contributed by atoms with van der Waals surface area (Å²) in [5.41, 5.74) is 1.09. The van der Waals surface area contributed by atoms with Crippen molar-refractivity contribution < 1.29 is 17.6 Å². The standard InChI is InChI=1S/C24H29F3N6OS.2ClH/c1-16-21(34-15-28-16)22-29-30-23(31(22)2)35-13-3-10-32-11-8-17-9-12-33(20(17)14-32)19-6-4-18(5-7-19)24(25,26)27;;/h4-7,15,17,20H,3,8-14H2,1-2H3;2*1H/t17-,20-;;/m1../s1. The molecule has 4 heterocycles. The molecule has 2 aliphatic rings. The smallest absolute Gasteiger partial charge is 0.416 e. The van der Waals surface area contributed by atoms with Gasteiger partial charge in [-0.05, 0) is 69.5 Å². The average molecular weight is 580 g/mol. The molecule has 0 bridgehead atoms. The van der Waals surface area contributed by atoms with Crippen LogP contribution in [-0.4, -0.2) is 62.6 Å². The summed E-state index contributed by atoms with van der Waals surface area (Å²) in [6, 6.07) is 6.00. The summed E-state index contributed by atoms with van der Waals surface area (Å²) in [5.74, 6) is 2.85. The summed E-state index contributed by atoms with van der Waals surface area (Å²) < 4.78 is 46.2. The van der Waals surface area contributed by atoms with Crippen molar-refractivity contribution in [1.82, 2.24) is 24.6 Å². The van der Waals surface area contributed by atoms with Crippen molar-refractivity contribution in [3.05, 3.63) is 41.9 Å². The molecule has 2 aromatic heterocycles. The quantitative estimate of drug-likeness (QED) is 0.262. The Kier molecular flexibility index (Phi) is 9.82. The van der Waals surface area contributed by atoms with E-state index in [1.807, 2.05) is 18.5 Å². The van der Waals surface area contributed by atoms with Crippen LogP contribution in [0.25, 0.3) is 11.6 Å². The number of halogens is 5. The van der Waals surface area contributed by atoms with Crippen LogP contribution in [0.15, 0.2) is 40.2 Å². The molecule has 204 valence electrons. The van der Waals surface area contributed by atoms with Crippen molar-refractivity contribution in [3.8, 4) is 11.6 Å². The fourth-order valence-electron chi connectivity index (χ4n) is 5.18. The first kappa shape index (κ1) is 29.6. The predicted molar refractivity (Wildman–Crippen MR) is 143 cm³/mol. The third-order valence-corrected chi connectivity index (χ3v) is 8.21. The summed E-state index contributed by atoms with van der Waals surface area (Å²) in [7, 11) is 1.93. The van der Waals surface area contributed by atoms with Crippen molar-refractivity contribution in [2.24, 2.45) is 13.0 Å². The Balaban J connectivity index is 0.00000190. The van der Waals surface area contributed by atoms with E-state index >= 15 is 0 Å². The van der Waals surface area contributed by atoms with E-state index in [1.165, 1.54) is 18.5 Å². The van der Waals surface area contributed by atoms with Gasteiger partial charge in [0.05, 0.1) is 11.3 Å². The van der Waals surface area contributed by atoms with Gasteiger partial charge >= 0.3 is 6.18 Å². The first-order valence-corrected chi connectivity index (χ1v) is 12.9. The lowest BCUT2D eigenvalue weighted by Gasteiger charge is -2.39. The molecule has 2 atom stereocenters. The van der Waals surface area contributed by atoms with Crippen LogP contribution < -0.4 is 4.90 Å². The first-order chi connectivity index (χ1) is 16.8. The topological polar surface area (TPSA) is 63.2 Å². The highest BCUT2D eigenvalue weighted by atomic mass is 35.5. The van der Waals surface area contributed by atoms with Gasteiger partial charge in [0, 0.05) is 37.6 Å². The maximum atomic E-state index is 12.9. The molecule has 0 N–H and O–H groups in total. The van der Waals surface area contributed by atoms with Crippen LogP contribution in [0, 0.1) is 12.8 Å². The number of benzene rings is 1. The summed E-state index contributed by atoms with van der Waals surface area (Å²) >= 11 is 1.68. The van der Waals surface area contributed by atoms with Crippen LogP contribution in [0.2, 0.25) is 0 Å². The summed E-state index contributed by atoms with van der Waals surface area (Å²) in [6.45, 7) is 5.81. The fourth-order valence-corrected chi connectivity index (χ4v) is 6.01. The molecular formula is C24H31Cl2F3N6OS. The zero-order chi connectivity index (χ0) is 24.6. The summed E-state index contributed by atoms with van der Waals surface area (Å²) in [4.78, 5) is 8.92. The monoisotopic (exact) mass is 578 g/mol. The molecule has 13 heteroatoms. The molecule has 37 heavy (non-hydrogen) atoms. The Bertz CT molecular complexity index is 1160. The Hall–Kier alpha value is -1.95.